The zero-order valence-electron chi connectivity index (χ0n) is 29.5. The smallest absolute Gasteiger partial charge is 0.317 e. The fraction of sp³-hybridized carbons (Fsp3) is 0.622. The lowest BCUT2D eigenvalue weighted by molar-refractivity contribution is -0.379. The van der Waals surface area contributed by atoms with Crippen LogP contribution in [0.4, 0.5) is 0 Å². The van der Waals surface area contributed by atoms with E-state index in [2.05, 4.69) is 6.92 Å². The quantitative estimate of drug-likeness (QED) is 0.0678. The van der Waals surface area contributed by atoms with Crippen molar-refractivity contribution in [2.75, 3.05) is 33.2 Å². The number of carboxylic acids is 1. The highest BCUT2D eigenvalue weighted by molar-refractivity contribution is 5.90. The largest absolute Gasteiger partial charge is 0.492 e. The summed E-state index contributed by atoms with van der Waals surface area (Å²) in [7, 11) is 0. The van der Waals surface area contributed by atoms with Crippen LogP contribution < -0.4 is 29.6 Å². The van der Waals surface area contributed by atoms with Gasteiger partial charge in [0.25, 0.3) is 0 Å². The molecule has 53 heavy (non-hydrogen) atoms. The average Bonchev–Trinajstić information content (AvgIpc) is 3.70. The van der Waals surface area contributed by atoms with Crippen molar-refractivity contribution in [3.05, 3.63) is 41.0 Å². The summed E-state index contributed by atoms with van der Waals surface area (Å²) in [6.07, 6.45) is -4.35. The van der Waals surface area contributed by atoms with Crippen LogP contribution in [0.2, 0.25) is 0 Å². The Balaban J connectivity index is 1.15. The third-order valence-electron chi connectivity index (χ3n) is 10.2. The monoisotopic (exact) mass is 745 g/mol. The van der Waals surface area contributed by atoms with Gasteiger partial charge >= 0.3 is 11.9 Å². The molecule has 16 nitrogen and oxygen atoms in total. The Kier molecular flexibility index (Phi) is 11.7. The van der Waals surface area contributed by atoms with Gasteiger partial charge in [-0.1, -0.05) is 19.8 Å². The number of esters is 1. The second-order valence-corrected chi connectivity index (χ2v) is 13.8. The van der Waals surface area contributed by atoms with Crippen LogP contribution in [0.15, 0.2) is 24.3 Å². The molecule has 2 aromatic rings. The Morgan fingerprint density at radius 1 is 0.981 bits per heavy atom. The third kappa shape index (κ3) is 7.99. The molecule has 0 unspecified atom stereocenters. The van der Waals surface area contributed by atoms with Gasteiger partial charge in [0.2, 0.25) is 6.79 Å². The lowest BCUT2D eigenvalue weighted by Crippen LogP contribution is -2.63. The van der Waals surface area contributed by atoms with Crippen LogP contribution in [0.1, 0.15) is 80.6 Å². The Morgan fingerprint density at radius 2 is 1.81 bits per heavy atom. The summed E-state index contributed by atoms with van der Waals surface area (Å²) in [6.45, 7) is 2.68. The van der Waals surface area contributed by atoms with E-state index in [0.717, 1.165) is 48.1 Å². The lowest BCUT2D eigenvalue weighted by Gasteiger charge is -2.44. The average molecular weight is 746 g/mol. The van der Waals surface area contributed by atoms with Crippen molar-refractivity contribution in [2.24, 2.45) is 5.73 Å². The number of hydrogen-bond donors (Lipinski definition) is 4. The van der Waals surface area contributed by atoms with Gasteiger partial charge in [-0.2, -0.15) is 4.89 Å². The first-order valence-corrected chi connectivity index (χ1v) is 18.3. The predicted octanol–water partition coefficient (Wildman–Crippen LogP) is 2.81. The van der Waals surface area contributed by atoms with Crippen LogP contribution >= 0.6 is 0 Å². The van der Waals surface area contributed by atoms with Crippen LogP contribution in [-0.4, -0.2) is 103 Å². The van der Waals surface area contributed by atoms with Gasteiger partial charge in [0, 0.05) is 30.3 Å². The number of aliphatic carboxylic acids is 1. The van der Waals surface area contributed by atoms with E-state index in [9.17, 15) is 19.8 Å². The van der Waals surface area contributed by atoms with Crippen LogP contribution in [0.25, 0.3) is 0 Å². The number of unbranched alkanes of at least 4 members (excludes halogenated alkanes) is 2. The van der Waals surface area contributed by atoms with Crippen molar-refractivity contribution in [3.63, 3.8) is 0 Å². The maximum absolute atomic E-state index is 12.4. The molecule has 2 aromatic carbocycles. The summed E-state index contributed by atoms with van der Waals surface area (Å²) in [6, 6.07) is 7.44. The number of rotatable bonds is 15. The van der Waals surface area contributed by atoms with E-state index in [1.54, 1.807) is 6.07 Å². The first-order valence-electron chi connectivity index (χ1n) is 18.3. The number of aliphatic hydroxyl groups is 2. The minimum Gasteiger partial charge on any atom is -0.492 e. The summed E-state index contributed by atoms with van der Waals surface area (Å²) in [5, 5.41) is 30.6. The molecule has 5 N–H and O–H groups in total. The Bertz CT molecular complexity index is 1620. The Morgan fingerprint density at radius 3 is 2.58 bits per heavy atom. The minimum atomic E-state index is -1.44. The number of fused-ring (bicyclic) bond motifs is 7. The van der Waals surface area contributed by atoms with Gasteiger partial charge in [0.05, 0.1) is 25.2 Å². The number of benzene rings is 2. The molecule has 0 aliphatic carbocycles. The highest BCUT2D eigenvalue weighted by Gasteiger charge is 2.54. The number of hydrogen-bond acceptors (Lipinski definition) is 15. The molecular formula is C37H47NO15. The first-order chi connectivity index (χ1) is 25.8. The first kappa shape index (κ1) is 37.4. The van der Waals surface area contributed by atoms with Gasteiger partial charge in [-0.25, -0.2) is 0 Å². The number of aliphatic hydroxyl groups excluding tert-OH is 2. The van der Waals surface area contributed by atoms with Crippen LogP contribution in [0.5, 0.6) is 28.7 Å². The molecule has 0 saturated carbocycles. The molecule has 0 aromatic heterocycles. The fourth-order valence-electron chi connectivity index (χ4n) is 7.68. The van der Waals surface area contributed by atoms with Gasteiger partial charge in [0.15, 0.2) is 29.6 Å². The fourth-order valence-corrected chi connectivity index (χ4v) is 7.68. The van der Waals surface area contributed by atoms with Crippen molar-refractivity contribution in [1.82, 2.24) is 0 Å². The maximum Gasteiger partial charge on any atom is 0.317 e. The molecule has 5 aliphatic rings. The van der Waals surface area contributed by atoms with Crippen molar-refractivity contribution in [3.8, 4) is 28.7 Å². The summed E-state index contributed by atoms with van der Waals surface area (Å²) < 4.78 is 48.1. The van der Waals surface area contributed by atoms with E-state index in [4.69, 9.17) is 58.5 Å². The van der Waals surface area contributed by atoms with Crippen LogP contribution in [0.3, 0.4) is 0 Å². The standard InChI is InChI=1S/C37H47NO15/c1-2-3-4-5-19-12-21(13-23-32(19)45-17-24-22-14-27-28(47-18-46-27)15-26(22)50-33(23)24)52-53-36-31(43)35-34(51-37(36)44-11-9-38)25(49-30(42)16-29(40)41)7-6-20(48-35)8-10-39/h12-15,20,24-25,31,33-37,39,43H,2-11,16-18,38H2,1H3,(H,40,41)/t20-,24+,25+,31+,33-,34-,35-,36+,37-/m1/s1. The molecule has 2 fully saturated rings. The molecule has 0 spiro atoms. The molecule has 0 amide bonds. The Hall–Kier alpha value is -3.90. The van der Waals surface area contributed by atoms with E-state index in [1.165, 1.54) is 0 Å². The lowest BCUT2D eigenvalue weighted by atomic mass is 9.87. The molecule has 0 bridgehead atoms. The highest BCUT2D eigenvalue weighted by Crippen LogP contribution is 2.55. The Labute approximate surface area is 306 Å². The van der Waals surface area contributed by atoms with Gasteiger partial charge in [-0.3, -0.25) is 9.59 Å². The summed E-state index contributed by atoms with van der Waals surface area (Å²) in [5.41, 5.74) is 8.42. The maximum atomic E-state index is 12.4. The molecule has 7 rings (SSSR count). The predicted molar refractivity (Wildman–Crippen MR) is 181 cm³/mol. The molecule has 9 atom stereocenters. The zero-order valence-corrected chi connectivity index (χ0v) is 29.5. The number of nitrogens with two attached hydrogens (primary N) is 1. The van der Waals surface area contributed by atoms with Crippen LogP contribution in [0, 0.1) is 0 Å². The number of carbonyl (C=O) groups is 2. The summed E-state index contributed by atoms with van der Waals surface area (Å²) >= 11 is 0. The third-order valence-corrected chi connectivity index (χ3v) is 10.2. The van der Waals surface area contributed by atoms with Crippen molar-refractivity contribution in [1.29, 1.82) is 0 Å². The van der Waals surface area contributed by atoms with Gasteiger partial charge < -0.3 is 63.8 Å². The summed E-state index contributed by atoms with van der Waals surface area (Å²) in [4.78, 5) is 35.6. The molecule has 2 saturated heterocycles. The number of carboxylic acid groups (broad SMARTS) is 1. The molecule has 16 heteroatoms. The van der Waals surface area contributed by atoms with Gasteiger partial charge in [-0.15, -0.1) is 0 Å². The minimum absolute atomic E-state index is 0.0321. The number of ether oxygens (including phenoxy) is 8. The number of carbonyl (C=O) groups excluding carboxylic acids is 1. The molecule has 5 aliphatic heterocycles. The molecule has 0 radical (unpaired) electrons. The van der Waals surface area contributed by atoms with Crippen molar-refractivity contribution < 1.29 is 72.6 Å². The second kappa shape index (κ2) is 16.6. The van der Waals surface area contributed by atoms with Crippen molar-refractivity contribution >= 4 is 11.9 Å². The second-order valence-electron chi connectivity index (χ2n) is 13.8. The van der Waals surface area contributed by atoms with Crippen molar-refractivity contribution in [2.45, 2.75) is 113 Å². The summed E-state index contributed by atoms with van der Waals surface area (Å²) in [5.74, 6) is 0.641. The topological polar surface area (TPSA) is 213 Å². The number of aryl methyl sites for hydroxylation is 1. The van der Waals surface area contributed by atoms with Gasteiger partial charge in [-0.05, 0) is 55.9 Å². The highest BCUT2D eigenvalue weighted by atomic mass is 17.2. The van der Waals surface area contributed by atoms with E-state index in [-0.39, 0.29) is 51.4 Å². The van der Waals surface area contributed by atoms with E-state index < -0.39 is 61.3 Å². The van der Waals surface area contributed by atoms with Crippen LogP contribution in [-0.2, 0) is 39.8 Å². The molecular weight excluding hydrogens is 698 g/mol. The van der Waals surface area contributed by atoms with E-state index in [1.807, 2.05) is 18.2 Å². The molecule has 5 heterocycles. The van der Waals surface area contributed by atoms with E-state index in [0.29, 0.717) is 36.0 Å². The van der Waals surface area contributed by atoms with E-state index >= 15 is 0 Å². The zero-order chi connectivity index (χ0) is 37.1. The SMILES string of the molecule is CCCCCc1cc(OO[C@@H]2[C@H](OCCN)O[C@H]3[C@H](O[C@@H](CCO)CC[C@@H]3OC(=O)CC(=O)O)[C@@H]2O)cc2c1OC[C@H]1c3cc4c(cc3O[C@H]21)OCO4. The molecule has 290 valence electrons. The normalized spacial score (nSPS) is 29.4. The van der Waals surface area contributed by atoms with Gasteiger partial charge in [0.1, 0.15) is 48.4 Å².